The summed E-state index contributed by atoms with van der Waals surface area (Å²) in [6, 6.07) is 1.72. The highest BCUT2D eigenvalue weighted by Crippen LogP contribution is 2.25. The van der Waals surface area contributed by atoms with Crippen molar-refractivity contribution in [2.45, 2.75) is 31.8 Å². The zero-order valence-corrected chi connectivity index (χ0v) is 10.7. The molecule has 2 unspecified atom stereocenters. The van der Waals surface area contributed by atoms with Crippen LogP contribution in [0.15, 0.2) is 21.7 Å². The first-order chi connectivity index (χ1) is 9.47. The number of hydrogen-bond donors (Lipinski definition) is 3. The number of amides is 1. The van der Waals surface area contributed by atoms with Crippen LogP contribution in [0.1, 0.15) is 19.3 Å². The fourth-order valence-corrected chi connectivity index (χ4v) is 2.40. The summed E-state index contributed by atoms with van der Waals surface area (Å²) in [5.41, 5.74) is -0.984. The van der Waals surface area contributed by atoms with Crippen LogP contribution in [0.5, 0.6) is 0 Å². The molecule has 0 radical (unpaired) electrons. The first kappa shape index (κ1) is 14.0. The molecule has 1 amide bonds. The third-order valence-electron chi connectivity index (χ3n) is 3.37. The summed E-state index contributed by atoms with van der Waals surface area (Å²) in [6.45, 7) is -0.336. The largest absolute Gasteiger partial charge is 0.481 e. The molecule has 1 fully saturated rings. The van der Waals surface area contributed by atoms with E-state index in [0.717, 1.165) is 23.2 Å². The predicted octanol–water partition coefficient (Wildman–Crippen LogP) is -1.09. The third kappa shape index (κ3) is 3.14. The van der Waals surface area contributed by atoms with Gasteiger partial charge in [0.05, 0.1) is 5.92 Å². The fraction of sp³-hybridized carbons (Fsp3) is 0.500. The highest BCUT2D eigenvalue weighted by atomic mass is 16.4. The van der Waals surface area contributed by atoms with E-state index in [1.54, 1.807) is 0 Å². The van der Waals surface area contributed by atoms with Gasteiger partial charge in [0.1, 0.15) is 6.54 Å². The van der Waals surface area contributed by atoms with E-state index in [2.05, 4.69) is 10.4 Å². The van der Waals surface area contributed by atoms with Gasteiger partial charge >= 0.3 is 5.97 Å². The number of rotatable bonds is 4. The van der Waals surface area contributed by atoms with Crippen molar-refractivity contribution < 1.29 is 14.7 Å². The lowest BCUT2D eigenvalue weighted by molar-refractivity contribution is -0.142. The fourth-order valence-electron chi connectivity index (χ4n) is 2.40. The molecule has 0 bridgehead atoms. The molecule has 1 heterocycles. The number of carbonyl (C=O) groups is 2. The van der Waals surface area contributed by atoms with Crippen LogP contribution in [-0.4, -0.2) is 32.8 Å². The Bertz CT molecular complexity index is 632. The highest BCUT2D eigenvalue weighted by Gasteiger charge is 2.33. The van der Waals surface area contributed by atoms with Crippen LogP contribution in [0.3, 0.4) is 0 Å². The van der Waals surface area contributed by atoms with Crippen LogP contribution in [0.4, 0.5) is 0 Å². The van der Waals surface area contributed by atoms with Crippen LogP contribution in [0.2, 0.25) is 0 Å². The van der Waals surface area contributed by atoms with Crippen LogP contribution < -0.4 is 16.4 Å². The van der Waals surface area contributed by atoms with E-state index in [1.807, 2.05) is 0 Å². The lowest BCUT2D eigenvalue weighted by atomic mass is 10.0. The van der Waals surface area contributed by atoms with Gasteiger partial charge in [-0.15, -0.1) is 0 Å². The quantitative estimate of drug-likeness (QED) is 0.647. The smallest absolute Gasteiger partial charge is 0.308 e. The molecule has 1 aromatic rings. The second kappa shape index (κ2) is 5.72. The molecule has 8 nitrogen and oxygen atoms in total. The van der Waals surface area contributed by atoms with Crippen LogP contribution in [0.25, 0.3) is 0 Å². The van der Waals surface area contributed by atoms with Crippen molar-refractivity contribution in [3.63, 3.8) is 0 Å². The molecule has 0 aliphatic heterocycles. The van der Waals surface area contributed by atoms with Crippen molar-refractivity contribution in [1.82, 2.24) is 15.1 Å². The van der Waals surface area contributed by atoms with Crippen molar-refractivity contribution in [2.24, 2.45) is 5.92 Å². The van der Waals surface area contributed by atoms with E-state index >= 15 is 0 Å². The van der Waals surface area contributed by atoms with Crippen molar-refractivity contribution in [1.29, 1.82) is 0 Å². The van der Waals surface area contributed by atoms with Gasteiger partial charge < -0.3 is 10.4 Å². The maximum Gasteiger partial charge on any atom is 0.308 e. The van der Waals surface area contributed by atoms with E-state index in [0.29, 0.717) is 12.8 Å². The van der Waals surface area contributed by atoms with E-state index in [1.165, 1.54) is 0 Å². The average Bonchev–Trinajstić information content (AvgIpc) is 2.82. The first-order valence-corrected chi connectivity index (χ1v) is 6.29. The number of nitrogens with one attached hydrogen (secondary N) is 2. The summed E-state index contributed by atoms with van der Waals surface area (Å²) in [5.74, 6) is -2.02. The number of carbonyl (C=O) groups excluding carboxylic acids is 1. The van der Waals surface area contributed by atoms with Gasteiger partial charge in [0.15, 0.2) is 0 Å². The summed E-state index contributed by atoms with van der Waals surface area (Å²) in [4.78, 5) is 45.3. The van der Waals surface area contributed by atoms with Crippen molar-refractivity contribution in [3.8, 4) is 0 Å². The van der Waals surface area contributed by atoms with E-state index in [-0.39, 0.29) is 6.54 Å². The van der Waals surface area contributed by atoms with Gasteiger partial charge in [-0.25, -0.2) is 4.68 Å². The van der Waals surface area contributed by atoms with Gasteiger partial charge in [-0.2, -0.15) is 0 Å². The second-order valence-electron chi connectivity index (χ2n) is 4.78. The van der Waals surface area contributed by atoms with Crippen LogP contribution in [0, 0.1) is 5.92 Å². The number of aromatic nitrogens is 2. The Morgan fingerprint density at radius 2 is 2.10 bits per heavy atom. The van der Waals surface area contributed by atoms with E-state index in [4.69, 9.17) is 5.11 Å². The van der Waals surface area contributed by atoms with Crippen molar-refractivity contribution in [3.05, 3.63) is 32.8 Å². The molecule has 0 aromatic carbocycles. The Kier molecular flexibility index (Phi) is 4.02. The lowest BCUT2D eigenvalue weighted by Gasteiger charge is -2.17. The summed E-state index contributed by atoms with van der Waals surface area (Å²) in [5, 5.41) is 13.9. The van der Waals surface area contributed by atoms with Crippen molar-refractivity contribution in [2.75, 3.05) is 0 Å². The number of nitrogens with zero attached hydrogens (tertiary/aromatic N) is 1. The third-order valence-corrected chi connectivity index (χ3v) is 3.37. The number of aliphatic carboxylic acids is 1. The SMILES string of the molecule is O=C(Cn1[nH]c(=O)ccc1=O)NC1CCCC1C(=O)O. The molecule has 2 atom stereocenters. The minimum absolute atomic E-state index is 0.336. The molecular weight excluding hydrogens is 266 g/mol. The minimum Gasteiger partial charge on any atom is -0.481 e. The standard InChI is InChI=1S/C12H15N3O5/c16-9-4-5-11(18)15(14-9)6-10(17)13-8-3-1-2-7(8)12(19)20/h4-5,7-8H,1-3,6H2,(H,13,17)(H,14,16)(H,19,20). The summed E-state index contributed by atoms with van der Waals surface area (Å²) < 4.78 is 0.891. The monoisotopic (exact) mass is 281 g/mol. The van der Waals surface area contributed by atoms with E-state index in [9.17, 15) is 19.2 Å². The maximum absolute atomic E-state index is 11.8. The molecule has 0 spiro atoms. The number of carboxylic acids is 1. The van der Waals surface area contributed by atoms with Crippen molar-refractivity contribution >= 4 is 11.9 Å². The average molecular weight is 281 g/mol. The maximum atomic E-state index is 11.8. The Morgan fingerprint density at radius 3 is 2.80 bits per heavy atom. The molecule has 0 saturated heterocycles. The molecule has 3 N–H and O–H groups in total. The second-order valence-corrected chi connectivity index (χ2v) is 4.78. The van der Waals surface area contributed by atoms with Gasteiger partial charge in [0.25, 0.3) is 11.1 Å². The van der Waals surface area contributed by atoms with Gasteiger partial charge in [-0.3, -0.25) is 24.3 Å². The van der Waals surface area contributed by atoms with Gasteiger partial charge in [0.2, 0.25) is 5.91 Å². The Labute approximate surface area is 113 Å². The number of hydrogen-bond acceptors (Lipinski definition) is 4. The number of carboxylic acid groups (broad SMARTS) is 1. The predicted molar refractivity (Wildman–Crippen MR) is 68.2 cm³/mol. The molecule has 1 aliphatic rings. The number of aromatic amines is 1. The lowest BCUT2D eigenvalue weighted by Crippen LogP contribution is -2.43. The summed E-state index contributed by atoms with van der Waals surface area (Å²) in [6.07, 6.45) is 1.87. The Balaban J connectivity index is 2.02. The van der Waals surface area contributed by atoms with Crippen LogP contribution in [-0.2, 0) is 16.1 Å². The zero-order valence-electron chi connectivity index (χ0n) is 10.7. The minimum atomic E-state index is -0.932. The summed E-state index contributed by atoms with van der Waals surface area (Å²) in [7, 11) is 0. The normalized spacial score (nSPS) is 21.6. The molecule has 8 heteroatoms. The summed E-state index contributed by atoms with van der Waals surface area (Å²) >= 11 is 0. The zero-order chi connectivity index (χ0) is 14.7. The molecular formula is C12H15N3O5. The van der Waals surface area contributed by atoms with Gasteiger partial charge in [-0.1, -0.05) is 6.42 Å². The Hall–Kier alpha value is -2.38. The highest BCUT2D eigenvalue weighted by molar-refractivity contribution is 5.78. The first-order valence-electron chi connectivity index (χ1n) is 6.29. The van der Waals surface area contributed by atoms with E-state index < -0.39 is 35.0 Å². The molecule has 1 saturated carbocycles. The van der Waals surface area contributed by atoms with Gasteiger partial charge in [-0.05, 0) is 12.8 Å². The molecule has 1 aromatic heterocycles. The topological polar surface area (TPSA) is 121 Å². The number of H-pyrrole nitrogens is 1. The molecule has 1 aliphatic carbocycles. The van der Waals surface area contributed by atoms with Crippen LogP contribution >= 0.6 is 0 Å². The van der Waals surface area contributed by atoms with Gasteiger partial charge in [0, 0.05) is 18.2 Å². The molecule has 2 rings (SSSR count). The molecule has 108 valence electrons. The molecule has 20 heavy (non-hydrogen) atoms. The Morgan fingerprint density at radius 1 is 1.35 bits per heavy atom.